The average Bonchev–Trinajstić information content (AvgIpc) is 2.72. The standard InChI is InChI=1S/C12H24OS.C10H18.C2H6OS.CH4/c1-3-4-5-6-7-12(2)8-10-14-11-9-13;1-4-6-7-8-9-10(3)5-2;3-1-2-4;/h4-5,12-13H,3,6-11H2,1-2H3;5-7,10H,2,4,8-9H2,1,3H3;3-4H,1-2H2;1H4. The Hall–Kier alpha value is -0.160. The van der Waals surface area contributed by atoms with E-state index in [1.54, 1.807) is 0 Å². The third-order valence-corrected chi connectivity index (χ3v) is 5.11. The summed E-state index contributed by atoms with van der Waals surface area (Å²) in [7, 11) is 0. The first-order valence-corrected chi connectivity index (χ1v) is 12.6. The molecule has 0 saturated heterocycles. The zero-order valence-electron chi connectivity index (χ0n) is 19.0. The minimum atomic E-state index is 0. The Morgan fingerprint density at radius 1 is 0.862 bits per heavy atom. The predicted octanol–water partition coefficient (Wildman–Crippen LogP) is 7.58. The van der Waals surface area contributed by atoms with Gasteiger partial charge in [0, 0.05) is 11.5 Å². The normalized spacial score (nSPS) is 12.4. The number of thioether (sulfide) groups is 1. The fraction of sp³-hybridized carbons (Fsp3) is 0.760. The van der Waals surface area contributed by atoms with Crippen LogP contribution in [0.5, 0.6) is 0 Å². The number of aliphatic hydroxyl groups excluding tert-OH is 2. The maximum Gasteiger partial charge on any atom is 0.0521 e. The van der Waals surface area contributed by atoms with Gasteiger partial charge in [-0.1, -0.05) is 65.5 Å². The summed E-state index contributed by atoms with van der Waals surface area (Å²) in [6.45, 7) is 13.1. The van der Waals surface area contributed by atoms with Crippen molar-refractivity contribution < 1.29 is 10.2 Å². The summed E-state index contributed by atoms with van der Waals surface area (Å²) in [4.78, 5) is 0. The second kappa shape index (κ2) is 35.3. The van der Waals surface area contributed by atoms with E-state index in [0.717, 1.165) is 24.5 Å². The van der Waals surface area contributed by atoms with Gasteiger partial charge in [-0.25, -0.2) is 0 Å². The van der Waals surface area contributed by atoms with Crippen molar-refractivity contribution in [2.45, 2.75) is 80.1 Å². The molecule has 4 heteroatoms. The van der Waals surface area contributed by atoms with Gasteiger partial charge in [0.05, 0.1) is 13.2 Å². The van der Waals surface area contributed by atoms with Crippen LogP contribution in [0.25, 0.3) is 0 Å². The molecule has 29 heavy (non-hydrogen) atoms. The van der Waals surface area contributed by atoms with Crippen molar-refractivity contribution in [3.05, 3.63) is 37.0 Å². The lowest BCUT2D eigenvalue weighted by atomic mass is 10.0. The molecule has 0 spiro atoms. The van der Waals surface area contributed by atoms with Crippen LogP contribution < -0.4 is 0 Å². The monoisotopic (exact) mass is 448 g/mol. The fourth-order valence-corrected chi connectivity index (χ4v) is 2.92. The second-order valence-corrected chi connectivity index (χ2v) is 8.48. The van der Waals surface area contributed by atoms with Crippen LogP contribution in [0, 0.1) is 11.8 Å². The van der Waals surface area contributed by atoms with Crippen molar-refractivity contribution in [1.29, 1.82) is 0 Å². The summed E-state index contributed by atoms with van der Waals surface area (Å²) in [6, 6.07) is 0. The largest absolute Gasteiger partial charge is 0.396 e. The smallest absolute Gasteiger partial charge is 0.0521 e. The van der Waals surface area contributed by atoms with Crippen LogP contribution in [0.1, 0.15) is 80.1 Å². The van der Waals surface area contributed by atoms with Gasteiger partial charge in [-0.2, -0.15) is 24.4 Å². The molecule has 176 valence electrons. The zero-order chi connectivity index (χ0) is 21.9. The molecule has 0 aromatic heterocycles. The van der Waals surface area contributed by atoms with E-state index in [1.165, 1.54) is 37.9 Å². The summed E-state index contributed by atoms with van der Waals surface area (Å²) >= 11 is 5.53. The SMILES string of the molecule is C.C=CC(C)CCC=CCC.CCC=CCCC(C)CCSCCO.OCCS. The van der Waals surface area contributed by atoms with Gasteiger partial charge in [0.25, 0.3) is 0 Å². The summed E-state index contributed by atoms with van der Waals surface area (Å²) in [6.07, 6.45) is 19.6. The van der Waals surface area contributed by atoms with E-state index in [9.17, 15) is 0 Å². The molecule has 0 radical (unpaired) electrons. The Morgan fingerprint density at radius 2 is 1.38 bits per heavy atom. The predicted molar refractivity (Wildman–Crippen MR) is 143 cm³/mol. The average molecular weight is 449 g/mol. The number of hydrogen-bond donors (Lipinski definition) is 3. The number of aliphatic hydroxyl groups is 2. The molecule has 0 fully saturated rings. The van der Waals surface area contributed by atoms with Crippen molar-refractivity contribution in [3.8, 4) is 0 Å². The molecule has 0 aromatic carbocycles. The Balaban J connectivity index is -0.000000183. The maximum atomic E-state index is 8.60. The van der Waals surface area contributed by atoms with E-state index in [0.29, 0.717) is 18.3 Å². The molecule has 0 rings (SSSR count). The molecule has 0 aliphatic rings. The van der Waals surface area contributed by atoms with Crippen LogP contribution in [-0.4, -0.2) is 40.7 Å². The summed E-state index contributed by atoms with van der Waals surface area (Å²) in [5.41, 5.74) is 0. The Labute approximate surface area is 193 Å². The molecule has 0 aliphatic carbocycles. The van der Waals surface area contributed by atoms with Crippen molar-refractivity contribution in [2.75, 3.05) is 30.5 Å². The van der Waals surface area contributed by atoms with E-state index < -0.39 is 0 Å². The lowest BCUT2D eigenvalue weighted by Gasteiger charge is -2.08. The highest BCUT2D eigenvalue weighted by molar-refractivity contribution is 7.99. The third kappa shape index (κ3) is 42.8. The van der Waals surface area contributed by atoms with Gasteiger partial charge in [0.2, 0.25) is 0 Å². The van der Waals surface area contributed by atoms with E-state index >= 15 is 0 Å². The van der Waals surface area contributed by atoms with E-state index in [1.807, 2.05) is 17.8 Å². The summed E-state index contributed by atoms with van der Waals surface area (Å²) in [5, 5.41) is 16.4. The van der Waals surface area contributed by atoms with Crippen LogP contribution in [-0.2, 0) is 0 Å². The molecule has 0 aliphatic heterocycles. The van der Waals surface area contributed by atoms with Crippen molar-refractivity contribution >= 4 is 24.4 Å². The summed E-state index contributed by atoms with van der Waals surface area (Å²) in [5.74, 6) is 4.14. The van der Waals surface area contributed by atoms with Crippen molar-refractivity contribution in [3.63, 3.8) is 0 Å². The summed E-state index contributed by atoms with van der Waals surface area (Å²) < 4.78 is 0. The second-order valence-electron chi connectivity index (χ2n) is 6.80. The minimum Gasteiger partial charge on any atom is -0.396 e. The van der Waals surface area contributed by atoms with E-state index in [4.69, 9.17) is 10.2 Å². The first-order chi connectivity index (χ1) is 13.5. The molecule has 0 amide bonds. The van der Waals surface area contributed by atoms with E-state index in [2.05, 4.69) is 71.2 Å². The van der Waals surface area contributed by atoms with Crippen molar-refractivity contribution in [1.82, 2.24) is 0 Å². The van der Waals surface area contributed by atoms with Crippen LogP contribution in [0.3, 0.4) is 0 Å². The first kappa shape index (κ1) is 36.2. The fourth-order valence-electron chi connectivity index (χ4n) is 2.02. The van der Waals surface area contributed by atoms with Crippen LogP contribution >= 0.6 is 24.4 Å². The number of rotatable bonds is 15. The maximum absolute atomic E-state index is 8.60. The lowest BCUT2D eigenvalue weighted by molar-refractivity contribution is 0.322. The molecule has 2 N–H and O–H groups in total. The van der Waals surface area contributed by atoms with Gasteiger partial charge >= 0.3 is 0 Å². The van der Waals surface area contributed by atoms with Crippen molar-refractivity contribution in [2.24, 2.45) is 11.8 Å². The lowest BCUT2D eigenvalue weighted by Crippen LogP contribution is -1.97. The molecular weight excluding hydrogens is 396 g/mol. The van der Waals surface area contributed by atoms with Crippen LogP contribution in [0.15, 0.2) is 37.0 Å². The highest BCUT2D eigenvalue weighted by atomic mass is 32.2. The van der Waals surface area contributed by atoms with E-state index in [-0.39, 0.29) is 14.0 Å². The van der Waals surface area contributed by atoms with Crippen LogP contribution in [0.4, 0.5) is 0 Å². The minimum absolute atomic E-state index is 0. The molecule has 0 bridgehead atoms. The Kier molecular flexibility index (Phi) is 44.1. The first-order valence-electron chi connectivity index (χ1n) is 10.9. The molecule has 0 aromatic rings. The van der Waals surface area contributed by atoms with Crippen LogP contribution in [0.2, 0.25) is 0 Å². The van der Waals surface area contributed by atoms with Gasteiger partial charge < -0.3 is 10.2 Å². The Bertz CT molecular complexity index is 329. The zero-order valence-corrected chi connectivity index (χ0v) is 20.7. The third-order valence-electron chi connectivity index (χ3n) is 3.91. The highest BCUT2D eigenvalue weighted by Crippen LogP contribution is 2.14. The molecule has 2 unspecified atom stereocenters. The quantitative estimate of drug-likeness (QED) is 0.137. The topological polar surface area (TPSA) is 40.5 Å². The molecular formula is C25H52O2S2. The van der Waals surface area contributed by atoms with Gasteiger partial charge in [0.15, 0.2) is 0 Å². The molecule has 2 nitrogen and oxygen atoms in total. The van der Waals surface area contributed by atoms with Gasteiger partial charge in [-0.3, -0.25) is 0 Å². The van der Waals surface area contributed by atoms with Gasteiger partial charge in [0.1, 0.15) is 0 Å². The molecule has 2 atom stereocenters. The van der Waals surface area contributed by atoms with Gasteiger partial charge in [-0.15, -0.1) is 6.58 Å². The molecule has 0 saturated carbocycles. The number of hydrogen-bond acceptors (Lipinski definition) is 4. The highest BCUT2D eigenvalue weighted by Gasteiger charge is 2.00. The number of allylic oxidation sites excluding steroid dienone is 5. The van der Waals surface area contributed by atoms with Gasteiger partial charge in [-0.05, 0) is 62.5 Å². The molecule has 0 heterocycles. The number of thiol groups is 1. The Morgan fingerprint density at radius 3 is 1.79 bits per heavy atom.